The molecule has 2 aromatic heterocycles. The Hall–Kier alpha value is -7.57. The second-order valence-electron chi connectivity index (χ2n) is 13.7. The van der Waals surface area contributed by atoms with Crippen LogP contribution >= 0.6 is 0 Å². The average Bonchev–Trinajstić information content (AvgIpc) is 3.60. The van der Waals surface area contributed by atoms with E-state index in [-0.39, 0.29) is 0 Å². The summed E-state index contributed by atoms with van der Waals surface area (Å²) in [4.78, 5) is 14.8. The van der Waals surface area contributed by atoms with E-state index in [9.17, 15) is 0 Å². The highest BCUT2D eigenvalue weighted by Gasteiger charge is 2.26. The van der Waals surface area contributed by atoms with Crippen molar-refractivity contribution in [2.45, 2.75) is 0 Å². The molecule has 6 nitrogen and oxygen atoms in total. The highest BCUT2D eigenvalue weighted by Crippen LogP contribution is 2.51. The van der Waals surface area contributed by atoms with Gasteiger partial charge in [-0.2, -0.15) is 0 Å². The van der Waals surface area contributed by atoms with Gasteiger partial charge in [0.05, 0.1) is 5.52 Å². The summed E-state index contributed by atoms with van der Waals surface area (Å²) >= 11 is 0. The van der Waals surface area contributed by atoms with Crippen LogP contribution in [0.3, 0.4) is 0 Å². The summed E-state index contributed by atoms with van der Waals surface area (Å²) in [5.41, 5.74) is 7.93. The van der Waals surface area contributed by atoms with Gasteiger partial charge in [0.15, 0.2) is 40.5 Å². The summed E-state index contributed by atoms with van der Waals surface area (Å²) < 4.78 is 15.6. The zero-order valence-corrected chi connectivity index (χ0v) is 29.4. The van der Waals surface area contributed by atoms with Gasteiger partial charge in [0, 0.05) is 33.2 Å². The lowest BCUT2D eigenvalue weighted by Gasteiger charge is -2.23. The summed E-state index contributed by atoms with van der Waals surface area (Å²) in [6.07, 6.45) is 0. The highest BCUT2D eigenvalue weighted by molar-refractivity contribution is 6.12. The fraction of sp³-hybridized carbons (Fsp3) is 0. The van der Waals surface area contributed by atoms with Crippen molar-refractivity contribution in [1.82, 2.24) is 19.5 Å². The molecule has 1 aliphatic rings. The van der Waals surface area contributed by atoms with E-state index in [1.807, 2.05) is 84.9 Å². The predicted octanol–water partition coefficient (Wildman–Crippen LogP) is 12.7. The average molecular weight is 707 g/mol. The molecule has 0 spiro atoms. The molecule has 10 aromatic rings. The molecule has 258 valence electrons. The minimum Gasteiger partial charge on any atom is -0.449 e. The second-order valence-corrected chi connectivity index (χ2v) is 13.7. The molecule has 0 N–H and O–H groups in total. The van der Waals surface area contributed by atoms with E-state index >= 15 is 0 Å². The predicted molar refractivity (Wildman–Crippen MR) is 220 cm³/mol. The maximum absolute atomic E-state index is 6.79. The Labute approximate surface area is 316 Å². The number of ether oxygens (including phenoxy) is 2. The molecule has 0 amide bonds. The summed E-state index contributed by atoms with van der Waals surface area (Å²) in [6.45, 7) is 0. The molecule has 0 saturated heterocycles. The third-order valence-corrected chi connectivity index (χ3v) is 10.3. The summed E-state index contributed by atoms with van der Waals surface area (Å²) in [5, 5.41) is 4.43. The molecule has 6 heteroatoms. The Bertz CT molecular complexity index is 3040. The Morgan fingerprint density at radius 1 is 0.364 bits per heavy atom. The Balaban J connectivity index is 1.04. The lowest BCUT2D eigenvalue weighted by atomic mass is 10.0. The number of benzene rings is 8. The van der Waals surface area contributed by atoms with Crippen LogP contribution in [0.15, 0.2) is 182 Å². The van der Waals surface area contributed by atoms with E-state index in [0.29, 0.717) is 40.5 Å². The molecule has 0 aliphatic carbocycles. The maximum atomic E-state index is 6.79. The second kappa shape index (κ2) is 12.5. The molecule has 55 heavy (non-hydrogen) atoms. The fourth-order valence-electron chi connectivity index (χ4n) is 7.64. The first-order valence-electron chi connectivity index (χ1n) is 18.3. The molecule has 0 atom stereocenters. The molecular weight excluding hydrogens is 677 g/mol. The molecule has 11 rings (SSSR count). The van der Waals surface area contributed by atoms with Crippen LogP contribution < -0.4 is 9.47 Å². The van der Waals surface area contributed by atoms with Crippen LogP contribution in [0, 0.1) is 0 Å². The lowest BCUT2D eigenvalue weighted by molar-refractivity contribution is 0.363. The van der Waals surface area contributed by atoms with Crippen LogP contribution in [0.4, 0.5) is 0 Å². The van der Waals surface area contributed by atoms with Crippen LogP contribution in [-0.4, -0.2) is 19.5 Å². The van der Waals surface area contributed by atoms with E-state index < -0.39 is 0 Å². The van der Waals surface area contributed by atoms with Gasteiger partial charge < -0.3 is 14.0 Å². The van der Waals surface area contributed by atoms with Gasteiger partial charge in [0.25, 0.3) is 0 Å². The van der Waals surface area contributed by atoms with E-state index in [1.54, 1.807) is 0 Å². The molecule has 0 saturated carbocycles. The molecular formula is C49H30N4O2. The van der Waals surface area contributed by atoms with Crippen LogP contribution in [0.5, 0.6) is 23.0 Å². The summed E-state index contributed by atoms with van der Waals surface area (Å²) in [7, 11) is 0. The molecule has 0 unspecified atom stereocenters. The third kappa shape index (κ3) is 5.31. The Morgan fingerprint density at radius 3 is 1.62 bits per heavy atom. The van der Waals surface area contributed by atoms with Crippen molar-refractivity contribution in [3.8, 4) is 74.0 Å². The van der Waals surface area contributed by atoms with E-state index in [1.165, 1.54) is 0 Å². The number of para-hydroxylation sites is 1. The maximum Gasteiger partial charge on any atom is 0.194 e. The van der Waals surface area contributed by atoms with Crippen molar-refractivity contribution >= 4 is 32.6 Å². The molecule has 8 aromatic carbocycles. The number of aromatic nitrogens is 4. The number of hydrogen-bond donors (Lipinski definition) is 0. The standard InChI is InChI=1S/C49H30N4O2/c1-3-13-31(14-4-1)47-50-48(32-15-5-2-6-16-32)52-49(51-47)37-21-11-19-33(27-37)34-20-12-22-38(28-34)53-41-24-10-9-23-39(41)40-25-26-42-46(45(40)53)55-44-30-36-18-8-7-17-35(36)29-43(44)54-42/h1-30H. The van der Waals surface area contributed by atoms with Gasteiger partial charge in [0.1, 0.15) is 5.52 Å². The van der Waals surface area contributed by atoms with Crippen molar-refractivity contribution in [3.63, 3.8) is 0 Å². The van der Waals surface area contributed by atoms with Crippen molar-refractivity contribution < 1.29 is 9.47 Å². The Kier molecular flexibility index (Phi) is 7.07. The smallest absolute Gasteiger partial charge is 0.194 e. The van der Waals surface area contributed by atoms with Gasteiger partial charge in [-0.3, -0.25) is 0 Å². The van der Waals surface area contributed by atoms with E-state index in [0.717, 1.165) is 66.1 Å². The summed E-state index contributed by atoms with van der Waals surface area (Å²) in [5.74, 6) is 4.67. The number of fused-ring (bicyclic) bond motifs is 7. The highest BCUT2D eigenvalue weighted by atomic mass is 16.6. The lowest BCUT2D eigenvalue weighted by Crippen LogP contribution is -2.02. The Morgan fingerprint density at radius 2 is 0.909 bits per heavy atom. The quantitative estimate of drug-likeness (QED) is 0.178. The van der Waals surface area contributed by atoms with Crippen LogP contribution in [-0.2, 0) is 0 Å². The topological polar surface area (TPSA) is 62.1 Å². The van der Waals surface area contributed by atoms with Crippen LogP contribution in [0.1, 0.15) is 0 Å². The molecule has 0 bridgehead atoms. The molecule has 0 radical (unpaired) electrons. The number of rotatable bonds is 5. The zero-order chi connectivity index (χ0) is 36.3. The monoisotopic (exact) mass is 706 g/mol. The third-order valence-electron chi connectivity index (χ3n) is 10.3. The van der Waals surface area contributed by atoms with Crippen molar-refractivity contribution in [2.24, 2.45) is 0 Å². The van der Waals surface area contributed by atoms with Crippen LogP contribution in [0.2, 0.25) is 0 Å². The van der Waals surface area contributed by atoms with Gasteiger partial charge in [-0.15, -0.1) is 0 Å². The minimum absolute atomic E-state index is 0.616. The first-order valence-corrected chi connectivity index (χ1v) is 18.3. The van der Waals surface area contributed by atoms with Crippen molar-refractivity contribution in [1.29, 1.82) is 0 Å². The largest absolute Gasteiger partial charge is 0.449 e. The fourth-order valence-corrected chi connectivity index (χ4v) is 7.64. The molecule has 0 fully saturated rings. The minimum atomic E-state index is 0.616. The zero-order valence-electron chi connectivity index (χ0n) is 29.4. The van der Waals surface area contributed by atoms with Crippen molar-refractivity contribution in [2.75, 3.05) is 0 Å². The number of nitrogens with zero attached hydrogens (tertiary/aromatic N) is 4. The van der Waals surface area contributed by atoms with Gasteiger partial charge in [-0.05, 0) is 70.4 Å². The summed E-state index contributed by atoms with van der Waals surface area (Å²) in [6, 6.07) is 62.2. The van der Waals surface area contributed by atoms with E-state index in [4.69, 9.17) is 24.4 Å². The van der Waals surface area contributed by atoms with Gasteiger partial charge in [0.2, 0.25) is 0 Å². The van der Waals surface area contributed by atoms with Gasteiger partial charge in [-0.1, -0.05) is 133 Å². The van der Waals surface area contributed by atoms with Crippen LogP contribution in [0.25, 0.3) is 83.6 Å². The van der Waals surface area contributed by atoms with Crippen molar-refractivity contribution in [3.05, 3.63) is 182 Å². The first kappa shape index (κ1) is 31.0. The van der Waals surface area contributed by atoms with E-state index in [2.05, 4.69) is 102 Å². The number of hydrogen-bond acceptors (Lipinski definition) is 5. The SMILES string of the molecule is c1ccc(-c2nc(-c3ccccc3)nc(-c3cccc(-c4cccc(-n5c6ccccc6c6ccc7c(c65)Oc5cc6ccccc6cc5O7)c4)c3)n2)cc1. The molecule has 3 heterocycles. The van der Waals surface area contributed by atoms with Gasteiger partial charge in [-0.25, -0.2) is 15.0 Å². The van der Waals surface area contributed by atoms with Gasteiger partial charge >= 0.3 is 0 Å². The normalized spacial score (nSPS) is 11.9. The first-order chi connectivity index (χ1) is 27.2. The molecule has 1 aliphatic heterocycles.